The van der Waals surface area contributed by atoms with Gasteiger partial charge in [0.1, 0.15) is 17.6 Å². The van der Waals surface area contributed by atoms with Gasteiger partial charge in [-0.1, -0.05) is 42.5 Å². The Hall–Kier alpha value is -4.66. The van der Waals surface area contributed by atoms with E-state index in [1.165, 1.54) is 29.2 Å². The number of benzene rings is 3. The highest BCUT2D eigenvalue weighted by Crippen LogP contribution is 2.38. The quantitative estimate of drug-likeness (QED) is 0.457. The van der Waals surface area contributed by atoms with Crippen LogP contribution in [0.3, 0.4) is 0 Å². The predicted octanol–water partition coefficient (Wildman–Crippen LogP) is 4.27. The molecule has 2 aliphatic heterocycles. The van der Waals surface area contributed by atoms with E-state index in [9.17, 15) is 18.8 Å². The van der Waals surface area contributed by atoms with Gasteiger partial charge in [-0.2, -0.15) is 0 Å². The van der Waals surface area contributed by atoms with Crippen molar-refractivity contribution in [1.29, 1.82) is 0 Å². The van der Waals surface area contributed by atoms with Gasteiger partial charge < -0.3 is 20.3 Å². The molecule has 4 amide bonds. The summed E-state index contributed by atoms with van der Waals surface area (Å²) in [6.45, 7) is 2.32. The smallest absolute Gasteiger partial charge is 0.322 e. The molecular weight excluding hydrogens is 499 g/mol. The molecule has 0 saturated heterocycles. The van der Waals surface area contributed by atoms with Crippen molar-refractivity contribution < 1.29 is 23.5 Å². The summed E-state index contributed by atoms with van der Waals surface area (Å²) < 4.78 is 18.7. The highest BCUT2D eigenvalue weighted by atomic mass is 19.1. The van der Waals surface area contributed by atoms with Crippen molar-refractivity contribution in [2.45, 2.75) is 25.4 Å². The summed E-state index contributed by atoms with van der Waals surface area (Å²) in [5, 5.41) is 5.79. The average molecular weight is 529 g/mol. The Kier molecular flexibility index (Phi) is 7.31. The average Bonchev–Trinajstić information content (AvgIpc) is 3.29. The van der Waals surface area contributed by atoms with Crippen LogP contribution in [0, 0.1) is 5.82 Å². The first kappa shape index (κ1) is 26.0. The molecule has 3 aromatic rings. The summed E-state index contributed by atoms with van der Waals surface area (Å²) >= 11 is 0. The topological polar surface area (TPSA) is 91.0 Å². The lowest BCUT2D eigenvalue weighted by atomic mass is 9.95. The first-order chi connectivity index (χ1) is 18.9. The SMILES string of the molecule is CCN1C(=O)N[C@@H](c2ccc(OC)cc2)C2=C1CN([C@H](Cc1ccccc1)C(=O)Nc1ccc(F)cc1)C2=O. The van der Waals surface area contributed by atoms with Crippen LogP contribution in [-0.4, -0.2) is 53.9 Å². The van der Waals surface area contributed by atoms with Crippen LogP contribution in [0.25, 0.3) is 0 Å². The number of nitrogens with one attached hydrogen (secondary N) is 2. The summed E-state index contributed by atoms with van der Waals surface area (Å²) in [4.78, 5) is 43.9. The third kappa shape index (κ3) is 5.20. The van der Waals surface area contributed by atoms with Crippen LogP contribution < -0.4 is 15.4 Å². The van der Waals surface area contributed by atoms with Crippen LogP contribution in [0.1, 0.15) is 24.1 Å². The fraction of sp³-hybridized carbons (Fsp3) is 0.233. The van der Waals surface area contributed by atoms with Crippen LogP contribution in [0.2, 0.25) is 0 Å². The fourth-order valence-electron chi connectivity index (χ4n) is 5.09. The third-order valence-corrected chi connectivity index (χ3v) is 7.08. The van der Waals surface area contributed by atoms with Gasteiger partial charge in [-0.05, 0) is 54.4 Å². The van der Waals surface area contributed by atoms with Crippen LogP contribution in [0.4, 0.5) is 14.9 Å². The van der Waals surface area contributed by atoms with E-state index in [0.717, 1.165) is 11.1 Å². The molecule has 0 unspecified atom stereocenters. The molecule has 0 aromatic heterocycles. The van der Waals surface area contributed by atoms with Crippen molar-refractivity contribution in [2.24, 2.45) is 0 Å². The summed E-state index contributed by atoms with van der Waals surface area (Å²) in [5.41, 5.74) is 3.06. The van der Waals surface area contributed by atoms with Crippen LogP contribution in [0.15, 0.2) is 90.1 Å². The van der Waals surface area contributed by atoms with Crippen LogP contribution >= 0.6 is 0 Å². The molecule has 0 bridgehead atoms. The number of rotatable bonds is 8. The van der Waals surface area contributed by atoms with Crippen LogP contribution in [-0.2, 0) is 16.0 Å². The monoisotopic (exact) mass is 528 g/mol. The van der Waals surface area contributed by atoms with Gasteiger partial charge in [-0.3, -0.25) is 14.5 Å². The Morgan fingerprint density at radius 3 is 2.38 bits per heavy atom. The molecule has 2 aliphatic rings. The standard InChI is InChI=1S/C30H29FN4O4/c1-3-34-25-18-35(29(37)26(25)27(33-30(34)38)20-9-15-23(39-2)16-10-20)24(17-19-7-5-4-6-8-19)28(36)32-22-13-11-21(31)12-14-22/h4-16,24,27H,3,17-18H2,1-2H3,(H,32,36)(H,33,38)/t24-,27+/m1/s1. The lowest BCUT2D eigenvalue weighted by Gasteiger charge is -2.33. The first-order valence-electron chi connectivity index (χ1n) is 12.8. The second-order valence-electron chi connectivity index (χ2n) is 9.40. The number of amides is 4. The highest BCUT2D eigenvalue weighted by molar-refractivity contribution is 6.05. The molecule has 200 valence electrons. The van der Waals surface area contributed by atoms with Crippen molar-refractivity contribution in [3.05, 3.63) is 107 Å². The molecular formula is C30H29FN4O4. The number of anilines is 1. The molecule has 2 atom stereocenters. The Morgan fingerprint density at radius 1 is 1.05 bits per heavy atom. The number of hydrogen-bond donors (Lipinski definition) is 2. The molecule has 2 heterocycles. The molecule has 0 fully saturated rings. The minimum absolute atomic E-state index is 0.108. The Bertz CT molecular complexity index is 1410. The number of nitrogens with zero attached hydrogens (tertiary/aromatic N) is 2. The van der Waals surface area contributed by atoms with E-state index in [4.69, 9.17) is 4.74 Å². The van der Waals surface area contributed by atoms with E-state index >= 15 is 0 Å². The molecule has 0 saturated carbocycles. The summed E-state index contributed by atoms with van der Waals surface area (Å²) in [6.07, 6.45) is 0.265. The molecule has 5 rings (SSSR count). The van der Waals surface area contributed by atoms with Crippen molar-refractivity contribution in [3.8, 4) is 5.75 Å². The van der Waals surface area contributed by atoms with Crippen molar-refractivity contribution in [2.75, 3.05) is 25.5 Å². The van der Waals surface area contributed by atoms with E-state index in [-0.39, 0.29) is 24.9 Å². The zero-order chi connectivity index (χ0) is 27.5. The number of urea groups is 1. The normalized spacial score (nSPS) is 17.6. The number of carbonyl (C=O) groups excluding carboxylic acids is 3. The molecule has 3 aromatic carbocycles. The van der Waals surface area contributed by atoms with E-state index in [0.29, 0.717) is 29.3 Å². The number of halogens is 1. The van der Waals surface area contributed by atoms with Gasteiger partial charge in [0.2, 0.25) is 5.91 Å². The van der Waals surface area contributed by atoms with E-state index in [2.05, 4.69) is 10.6 Å². The zero-order valence-corrected chi connectivity index (χ0v) is 21.7. The lowest BCUT2D eigenvalue weighted by molar-refractivity contribution is -0.134. The summed E-state index contributed by atoms with van der Waals surface area (Å²) in [7, 11) is 1.57. The van der Waals surface area contributed by atoms with Crippen LogP contribution in [0.5, 0.6) is 5.75 Å². The molecule has 0 radical (unpaired) electrons. The Balaban J connectivity index is 1.50. The maximum atomic E-state index is 14.1. The highest BCUT2D eigenvalue weighted by Gasteiger charge is 2.46. The molecule has 2 N–H and O–H groups in total. The van der Waals surface area contributed by atoms with Gasteiger partial charge in [0.05, 0.1) is 31.0 Å². The van der Waals surface area contributed by atoms with Gasteiger partial charge in [-0.25, -0.2) is 9.18 Å². The van der Waals surface area contributed by atoms with Crippen molar-refractivity contribution in [3.63, 3.8) is 0 Å². The summed E-state index contributed by atoms with van der Waals surface area (Å²) in [5.74, 6) is -0.478. The molecule has 0 spiro atoms. The van der Waals surface area contributed by atoms with Gasteiger partial charge in [0, 0.05) is 18.7 Å². The van der Waals surface area contributed by atoms with E-state index < -0.39 is 23.8 Å². The zero-order valence-electron chi connectivity index (χ0n) is 21.7. The first-order valence-corrected chi connectivity index (χ1v) is 12.8. The molecule has 9 heteroatoms. The van der Waals surface area contributed by atoms with Gasteiger partial charge >= 0.3 is 6.03 Å². The second-order valence-corrected chi connectivity index (χ2v) is 9.40. The number of methoxy groups -OCH3 is 1. The number of likely N-dealkylation sites (N-methyl/N-ethyl adjacent to an activating group) is 1. The maximum Gasteiger partial charge on any atom is 0.322 e. The largest absolute Gasteiger partial charge is 0.497 e. The van der Waals surface area contributed by atoms with Gasteiger partial charge in [0.15, 0.2) is 0 Å². The van der Waals surface area contributed by atoms with Gasteiger partial charge in [0.25, 0.3) is 5.91 Å². The van der Waals surface area contributed by atoms with Crippen molar-refractivity contribution in [1.82, 2.24) is 15.1 Å². The third-order valence-electron chi connectivity index (χ3n) is 7.08. The molecule has 39 heavy (non-hydrogen) atoms. The maximum absolute atomic E-state index is 14.1. The lowest BCUT2D eigenvalue weighted by Crippen LogP contribution is -2.47. The van der Waals surface area contributed by atoms with Crippen molar-refractivity contribution >= 4 is 23.5 Å². The minimum Gasteiger partial charge on any atom is -0.497 e. The summed E-state index contributed by atoms with van der Waals surface area (Å²) in [6, 6.07) is 20.2. The van der Waals surface area contributed by atoms with E-state index in [1.807, 2.05) is 49.4 Å². The Morgan fingerprint density at radius 2 is 1.74 bits per heavy atom. The number of hydrogen-bond acceptors (Lipinski definition) is 4. The number of carbonyl (C=O) groups is 3. The van der Waals surface area contributed by atoms with Gasteiger partial charge in [-0.15, -0.1) is 0 Å². The minimum atomic E-state index is -0.874. The fourth-order valence-corrected chi connectivity index (χ4v) is 5.09. The second kappa shape index (κ2) is 11.0. The molecule has 8 nitrogen and oxygen atoms in total. The number of ether oxygens (including phenoxy) is 1. The molecule has 0 aliphatic carbocycles. The Labute approximate surface area is 226 Å². The predicted molar refractivity (Wildman–Crippen MR) is 144 cm³/mol. The van der Waals surface area contributed by atoms with E-state index in [1.54, 1.807) is 24.1 Å².